The number of nitrogens with one attached hydrogen (secondary N) is 2. The van der Waals surface area contributed by atoms with Crippen LogP contribution in [0.1, 0.15) is 58.4 Å². The number of anilines is 2. The van der Waals surface area contributed by atoms with Crippen molar-refractivity contribution in [3.63, 3.8) is 0 Å². The Bertz CT molecular complexity index is 1590. The molecule has 1 aliphatic heterocycles. The molecule has 3 aromatic rings. The van der Waals surface area contributed by atoms with E-state index in [4.69, 9.17) is 0 Å². The van der Waals surface area contributed by atoms with Gasteiger partial charge < -0.3 is 25.0 Å². The molecule has 1 aliphatic carbocycles. The number of rotatable bonds is 6. The second kappa shape index (κ2) is 12.8. The minimum absolute atomic E-state index is 0.115. The monoisotopic (exact) mass is 613 g/mol. The molecule has 0 unspecified atom stereocenters. The second-order valence-corrected chi connectivity index (χ2v) is 11.5. The van der Waals surface area contributed by atoms with E-state index in [0.29, 0.717) is 36.0 Å². The van der Waals surface area contributed by atoms with Crippen molar-refractivity contribution in [2.75, 3.05) is 50.5 Å². The third-order valence-corrected chi connectivity index (χ3v) is 8.53. The van der Waals surface area contributed by atoms with Gasteiger partial charge in [-0.15, -0.1) is 0 Å². The number of halogens is 4. The summed E-state index contributed by atoms with van der Waals surface area (Å²) in [6.45, 7) is 2.63. The standard InChI is InChI=1S/C32H35F4N5O3/c1-39-12-14-41(15-13-39)28-11-9-20(17-27(28)38-30(43)24-19-37-29(42)18-25(24)32(34,35)36)23-16-21(8-10-26(23)33)31(44)40(2)22-6-4-3-5-7-22/h8-11,16-19,22H,3-7,12-15H2,1-2H3,(H,37,42)(H,38,43). The summed E-state index contributed by atoms with van der Waals surface area (Å²) in [4.78, 5) is 46.2. The van der Waals surface area contributed by atoms with Crippen LogP contribution in [0.5, 0.6) is 0 Å². The molecule has 2 N–H and O–H groups in total. The van der Waals surface area contributed by atoms with Gasteiger partial charge in [-0.1, -0.05) is 25.3 Å². The third-order valence-electron chi connectivity index (χ3n) is 8.53. The normalized spacial score (nSPS) is 16.5. The predicted octanol–water partition coefficient (Wildman–Crippen LogP) is 5.61. The van der Waals surface area contributed by atoms with Gasteiger partial charge >= 0.3 is 6.18 Å². The van der Waals surface area contributed by atoms with Crippen LogP contribution in [-0.4, -0.2) is 72.9 Å². The van der Waals surface area contributed by atoms with Crippen LogP contribution in [0.25, 0.3) is 11.1 Å². The SMILES string of the molecule is CN1CCN(c2ccc(-c3cc(C(=O)N(C)C4CCCCC4)ccc3F)cc2NC(=O)c2c[nH]c(=O)cc2C(F)(F)F)CC1. The smallest absolute Gasteiger partial charge is 0.367 e. The van der Waals surface area contributed by atoms with Crippen molar-refractivity contribution in [3.8, 4) is 11.1 Å². The number of H-pyrrole nitrogens is 1. The summed E-state index contributed by atoms with van der Waals surface area (Å²) < 4.78 is 56.4. The Hall–Kier alpha value is -4.19. The van der Waals surface area contributed by atoms with Gasteiger partial charge in [-0.2, -0.15) is 13.2 Å². The van der Waals surface area contributed by atoms with Crippen molar-refractivity contribution in [1.29, 1.82) is 0 Å². The molecule has 2 heterocycles. The molecule has 0 spiro atoms. The number of benzene rings is 2. The highest BCUT2D eigenvalue weighted by Crippen LogP contribution is 2.36. The number of carbonyl (C=O) groups is 2. The molecule has 2 amide bonds. The van der Waals surface area contributed by atoms with E-state index in [9.17, 15) is 27.6 Å². The van der Waals surface area contributed by atoms with Crippen LogP contribution in [0.15, 0.2) is 53.5 Å². The molecule has 0 radical (unpaired) electrons. The zero-order valence-corrected chi connectivity index (χ0v) is 24.6. The number of likely N-dealkylation sites (N-methyl/N-ethyl adjacent to an activating group) is 1. The number of aromatic nitrogens is 1. The molecule has 0 bridgehead atoms. The molecule has 5 rings (SSSR count). The largest absolute Gasteiger partial charge is 0.417 e. The zero-order valence-electron chi connectivity index (χ0n) is 24.6. The summed E-state index contributed by atoms with van der Waals surface area (Å²) in [5.41, 5.74) is -1.62. The number of amides is 2. The Kier molecular flexibility index (Phi) is 9.10. The number of alkyl halides is 3. The van der Waals surface area contributed by atoms with Gasteiger partial charge in [0.25, 0.3) is 11.8 Å². The summed E-state index contributed by atoms with van der Waals surface area (Å²) in [6.07, 6.45) is 0.865. The summed E-state index contributed by atoms with van der Waals surface area (Å²) in [5, 5.41) is 2.58. The molecular weight excluding hydrogens is 578 g/mol. The first kappa shape index (κ1) is 31.2. The molecule has 1 saturated carbocycles. The first-order valence-corrected chi connectivity index (χ1v) is 14.7. The van der Waals surface area contributed by atoms with Crippen LogP contribution in [0.4, 0.5) is 28.9 Å². The summed E-state index contributed by atoms with van der Waals surface area (Å²) in [5.74, 6) is -1.90. The summed E-state index contributed by atoms with van der Waals surface area (Å²) in [7, 11) is 3.73. The lowest BCUT2D eigenvalue weighted by atomic mass is 9.94. The highest BCUT2D eigenvalue weighted by molar-refractivity contribution is 6.07. The Labute approximate surface area is 252 Å². The fraction of sp³-hybridized carbons (Fsp3) is 0.406. The number of pyridine rings is 1. The van der Waals surface area contributed by atoms with Gasteiger partial charge in [0, 0.05) is 62.7 Å². The minimum Gasteiger partial charge on any atom is -0.367 e. The van der Waals surface area contributed by atoms with Gasteiger partial charge in [0.05, 0.1) is 22.5 Å². The zero-order chi connectivity index (χ0) is 31.6. The molecule has 1 saturated heterocycles. The molecule has 1 aromatic heterocycles. The van der Waals surface area contributed by atoms with Crippen LogP contribution in [0.3, 0.4) is 0 Å². The van der Waals surface area contributed by atoms with Crippen molar-refractivity contribution in [1.82, 2.24) is 14.8 Å². The van der Waals surface area contributed by atoms with Crippen LogP contribution < -0.4 is 15.8 Å². The van der Waals surface area contributed by atoms with E-state index in [1.165, 1.54) is 24.3 Å². The lowest BCUT2D eigenvalue weighted by Crippen LogP contribution is -2.44. The van der Waals surface area contributed by atoms with Gasteiger partial charge in [0.2, 0.25) is 5.56 Å². The number of aromatic amines is 1. The van der Waals surface area contributed by atoms with Crippen molar-refractivity contribution in [3.05, 3.63) is 81.5 Å². The van der Waals surface area contributed by atoms with Crippen LogP contribution >= 0.6 is 0 Å². The van der Waals surface area contributed by atoms with Crippen LogP contribution in [0, 0.1) is 5.82 Å². The van der Waals surface area contributed by atoms with Crippen molar-refractivity contribution in [2.45, 2.75) is 44.3 Å². The molecule has 44 heavy (non-hydrogen) atoms. The second-order valence-electron chi connectivity index (χ2n) is 11.5. The van der Waals surface area contributed by atoms with Gasteiger partial charge in [-0.05, 0) is 55.8 Å². The van der Waals surface area contributed by atoms with Crippen molar-refractivity contribution in [2.24, 2.45) is 0 Å². The van der Waals surface area contributed by atoms with Crippen molar-refractivity contribution < 1.29 is 27.2 Å². The van der Waals surface area contributed by atoms with Gasteiger partial charge in [-0.3, -0.25) is 14.4 Å². The van der Waals surface area contributed by atoms with Gasteiger partial charge in [0.15, 0.2) is 0 Å². The Morgan fingerprint density at radius 1 is 0.977 bits per heavy atom. The fourth-order valence-electron chi connectivity index (χ4n) is 5.93. The highest BCUT2D eigenvalue weighted by atomic mass is 19.4. The lowest BCUT2D eigenvalue weighted by molar-refractivity contribution is -0.138. The third kappa shape index (κ3) is 6.80. The van der Waals surface area contributed by atoms with E-state index in [0.717, 1.165) is 51.4 Å². The number of hydrogen-bond donors (Lipinski definition) is 2. The first-order valence-electron chi connectivity index (χ1n) is 14.7. The molecular formula is C32H35F4N5O3. The van der Waals surface area contributed by atoms with Gasteiger partial charge in [-0.25, -0.2) is 4.39 Å². The topological polar surface area (TPSA) is 88.8 Å². The van der Waals surface area contributed by atoms with Crippen molar-refractivity contribution >= 4 is 23.2 Å². The fourth-order valence-corrected chi connectivity index (χ4v) is 5.93. The predicted molar refractivity (Wildman–Crippen MR) is 161 cm³/mol. The minimum atomic E-state index is -4.94. The molecule has 2 aliphatic rings. The highest BCUT2D eigenvalue weighted by Gasteiger charge is 2.36. The van der Waals surface area contributed by atoms with Gasteiger partial charge in [0.1, 0.15) is 5.82 Å². The molecule has 12 heteroatoms. The maximum absolute atomic E-state index is 15.3. The molecule has 2 fully saturated rings. The van der Waals surface area contributed by atoms with E-state index in [1.54, 1.807) is 24.1 Å². The quantitative estimate of drug-likeness (QED) is 0.353. The Morgan fingerprint density at radius 3 is 2.36 bits per heavy atom. The Morgan fingerprint density at radius 2 is 1.68 bits per heavy atom. The summed E-state index contributed by atoms with van der Waals surface area (Å²) >= 11 is 0. The number of carbonyl (C=O) groups excluding carboxylic acids is 2. The van der Waals surface area contributed by atoms with E-state index >= 15 is 4.39 Å². The van der Waals surface area contributed by atoms with Crippen LogP contribution in [0.2, 0.25) is 0 Å². The number of piperazine rings is 1. The lowest BCUT2D eigenvalue weighted by Gasteiger charge is -2.35. The maximum atomic E-state index is 15.3. The molecule has 2 aromatic carbocycles. The molecule has 0 atom stereocenters. The first-order chi connectivity index (χ1) is 20.9. The number of hydrogen-bond acceptors (Lipinski definition) is 5. The Balaban J connectivity index is 1.52. The van der Waals surface area contributed by atoms with E-state index in [1.807, 2.05) is 11.9 Å². The van der Waals surface area contributed by atoms with E-state index in [-0.39, 0.29) is 23.2 Å². The van der Waals surface area contributed by atoms with E-state index < -0.39 is 34.6 Å². The maximum Gasteiger partial charge on any atom is 0.417 e. The van der Waals surface area contributed by atoms with Crippen LogP contribution in [-0.2, 0) is 6.18 Å². The summed E-state index contributed by atoms with van der Waals surface area (Å²) in [6, 6.07) is 9.45. The number of nitrogens with zero attached hydrogens (tertiary/aromatic N) is 3. The molecule has 8 nitrogen and oxygen atoms in total. The average molecular weight is 614 g/mol. The van der Waals surface area contributed by atoms with E-state index in [2.05, 4.69) is 15.2 Å². The average Bonchev–Trinajstić information content (AvgIpc) is 3.01. The molecule has 234 valence electrons.